The second-order valence-electron chi connectivity index (χ2n) is 19.4. The molecule has 79 heavy (non-hydrogen) atoms. The fourth-order valence-corrected chi connectivity index (χ4v) is 10.9. The van der Waals surface area contributed by atoms with Gasteiger partial charge in [-0.15, -0.1) is 0 Å². The van der Waals surface area contributed by atoms with Gasteiger partial charge in [0.15, 0.2) is 34.9 Å². The van der Waals surface area contributed by atoms with Gasteiger partial charge < -0.3 is 9.13 Å². The number of aryl methyl sites for hydroxylation is 1. The average Bonchev–Trinajstić information content (AvgIpc) is 4.19. The lowest BCUT2D eigenvalue weighted by Gasteiger charge is -2.21. The first-order valence-electron chi connectivity index (χ1n) is 25.9. The molecule has 4 heterocycles. The summed E-state index contributed by atoms with van der Waals surface area (Å²) in [6.07, 6.45) is 0. The van der Waals surface area contributed by atoms with Gasteiger partial charge >= 0.3 is 0 Å². The minimum absolute atomic E-state index is 0.411. The maximum Gasteiger partial charge on any atom is 0.234 e. The summed E-state index contributed by atoms with van der Waals surface area (Å²) in [6.45, 7) is 11.4. The lowest BCUT2D eigenvalue weighted by atomic mass is 9.97. The Morgan fingerprint density at radius 1 is 0.367 bits per heavy atom. The SMILES string of the molecule is [C-]#[N+]c1c(-n2c3ccccc3c3ccc(-c4nc(-c5ccccc5)nc(-c5ccccc5)n4)cc32)ccc(-c2cc(C)cc(C#N)c2)c1-n1c2ccccc2c2ccc(-c3nc(-c4ccccc4)nc(-c4ccccc4)n3)cc21. The van der Waals surface area contributed by atoms with Crippen LogP contribution in [0, 0.1) is 24.8 Å². The first-order chi connectivity index (χ1) is 39.0. The number of hydrogen-bond acceptors (Lipinski definition) is 7. The molecular weight excluding hydrogens is 969 g/mol. The van der Waals surface area contributed by atoms with E-state index in [0.717, 1.165) is 93.7 Å². The van der Waals surface area contributed by atoms with E-state index in [9.17, 15) is 11.8 Å². The van der Waals surface area contributed by atoms with Crippen LogP contribution < -0.4 is 0 Å². The van der Waals surface area contributed by atoms with Crippen molar-refractivity contribution in [3.63, 3.8) is 0 Å². The van der Waals surface area contributed by atoms with E-state index in [0.29, 0.717) is 57.6 Å². The molecule has 14 aromatic rings. The van der Waals surface area contributed by atoms with Crippen molar-refractivity contribution in [2.24, 2.45) is 0 Å². The van der Waals surface area contributed by atoms with Gasteiger partial charge in [0.25, 0.3) is 0 Å². The topological polar surface area (TPSA) is 115 Å². The molecule has 0 radical (unpaired) electrons. The van der Waals surface area contributed by atoms with Crippen LogP contribution in [0.25, 0.3) is 139 Å². The molecule has 0 aliphatic carbocycles. The van der Waals surface area contributed by atoms with Gasteiger partial charge in [-0.1, -0.05) is 194 Å². The number of fused-ring (bicyclic) bond motifs is 6. The predicted octanol–water partition coefficient (Wildman–Crippen LogP) is 16.7. The highest BCUT2D eigenvalue weighted by Gasteiger charge is 2.26. The average molecular weight is 1010 g/mol. The zero-order chi connectivity index (χ0) is 53.0. The van der Waals surface area contributed by atoms with Crippen LogP contribution in [-0.4, -0.2) is 39.0 Å². The first kappa shape index (κ1) is 46.3. The molecule has 14 rings (SSSR count). The minimum atomic E-state index is 0.411. The summed E-state index contributed by atoms with van der Waals surface area (Å²) in [5.41, 5.74) is 13.4. The highest BCUT2D eigenvalue weighted by molar-refractivity contribution is 6.13. The minimum Gasteiger partial charge on any atom is -0.319 e. The molecule has 4 aromatic heterocycles. The van der Waals surface area contributed by atoms with E-state index in [4.69, 9.17) is 29.9 Å². The van der Waals surface area contributed by atoms with E-state index in [1.807, 2.05) is 171 Å². The second kappa shape index (κ2) is 19.2. The Morgan fingerprint density at radius 2 is 0.759 bits per heavy atom. The Hall–Kier alpha value is -11.2. The molecule has 0 fully saturated rings. The number of aromatic nitrogens is 8. The largest absolute Gasteiger partial charge is 0.319 e. The Balaban J connectivity index is 1.04. The van der Waals surface area contributed by atoms with Crippen molar-refractivity contribution in [3.8, 4) is 96.9 Å². The molecule has 10 nitrogen and oxygen atoms in total. The molecule has 0 aliphatic heterocycles. The monoisotopic (exact) mass is 1010 g/mol. The standard InChI is InChI=1S/C69H42N10/c1-43-37-44(42-70)39-51(38-43)52-35-36-59(78-57-29-17-15-27-53(57)55-33-31-49(40-60(55)78)68-74-64(45-19-7-3-8-20-45)72-65(75-68)46-21-9-4-10-22-46)62(71-2)63(52)79-58-30-18-16-28-54(58)56-34-32-50(41-61(56)79)69-76-66(47-23-11-5-12-24-47)73-67(77-69)48-25-13-6-14-26-48/h3-41H,1H3. The first-order valence-corrected chi connectivity index (χ1v) is 25.9. The van der Waals surface area contributed by atoms with E-state index in [-0.39, 0.29) is 0 Å². The molecular formula is C69H42N10. The van der Waals surface area contributed by atoms with E-state index in [2.05, 4.69) is 92.8 Å². The molecule has 0 saturated heterocycles. The van der Waals surface area contributed by atoms with Crippen molar-refractivity contribution in [1.82, 2.24) is 39.0 Å². The number of hydrogen-bond donors (Lipinski definition) is 0. The molecule has 0 amide bonds. The quantitative estimate of drug-likeness (QED) is 0.132. The van der Waals surface area contributed by atoms with Crippen molar-refractivity contribution in [2.45, 2.75) is 6.92 Å². The fraction of sp³-hybridized carbons (Fsp3) is 0.0145. The van der Waals surface area contributed by atoms with Crippen LogP contribution in [0.1, 0.15) is 11.1 Å². The summed E-state index contributed by atoms with van der Waals surface area (Å²) in [5.74, 6) is 3.27. The number of para-hydroxylation sites is 2. The third kappa shape index (κ3) is 8.13. The highest BCUT2D eigenvalue weighted by atomic mass is 15.1. The molecule has 0 spiro atoms. The summed E-state index contributed by atoms with van der Waals surface area (Å²) in [5, 5.41) is 14.4. The van der Waals surface area contributed by atoms with E-state index >= 15 is 0 Å². The van der Waals surface area contributed by atoms with Crippen LogP contribution in [0.3, 0.4) is 0 Å². The lowest BCUT2D eigenvalue weighted by Crippen LogP contribution is -2.03. The van der Waals surface area contributed by atoms with Crippen LogP contribution in [-0.2, 0) is 0 Å². The molecule has 10 aromatic carbocycles. The number of nitrogens with zero attached hydrogens (tertiary/aromatic N) is 10. The van der Waals surface area contributed by atoms with E-state index in [1.165, 1.54) is 0 Å². The third-order valence-electron chi connectivity index (χ3n) is 14.5. The Kier molecular flexibility index (Phi) is 11.3. The van der Waals surface area contributed by atoms with Crippen molar-refractivity contribution < 1.29 is 0 Å². The third-order valence-corrected chi connectivity index (χ3v) is 14.5. The summed E-state index contributed by atoms with van der Waals surface area (Å²) in [7, 11) is 0. The number of rotatable bonds is 9. The molecule has 0 bridgehead atoms. The van der Waals surface area contributed by atoms with Crippen LogP contribution in [0.2, 0.25) is 0 Å². The predicted molar refractivity (Wildman–Crippen MR) is 316 cm³/mol. The van der Waals surface area contributed by atoms with Crippen LogP contribution in [0.4, 0.5) is 5.69 Å². The maximum absolute atomic E-state index is 10.4. The molecule has 0 atom stereocenters. The normalized spacial score (nSPS) is 11.3. The summed E-state index contributed by atoms with van der Waals surface area (Å²) in [4.78, 5) is 35.1. The van der Waals surface area contributed by atoms with E-state index < -0.39 is 0 Å². The fourth-order valence-electron chi connectivity index (χ4n) is 10.9. The van der Waals surface area contributed by atoms with Crippen molar-refractivity contribution >= 4 is 49.3 Å². The van der Waals surface area contributed by atoms with Crippen molar-refractivity contribution in [2.75, 3.05) is 0 Å². The van der Waals surface area contributed by atoms with Crippen LogP contribution >= 0.6 is 0 Å². The Labute approximate surface area is 454 Å². The van der Waals surface area contributed by atoms with E-state index in [1.54, 1.807) is 0 Å². The number of nitriles is 1. The maximum atomic E-state index is 10.4. The van der Waals surface area contributed by atoms with Gasteiger partial charge in [0, 0.05) is 54.9 Å². The van der Waals surface area contributed by atoms with Crippen molar-refractivity contribution in [3.05, 3.63) is 259 Å². The smallest absolute Gasteiger partial charge is 0.234 e. The van der Waals surface area contributed by atoms with Crippen LogP contribution in [0.15, 0.2) is 237 Å². The van der Waals surface area contributed by atoms with Gasteiger partial charge in [-0.2, -0.15) is 5.26 Å². The molecule has 0 unspecified atom stereocenters. The second-order valence-corrected chi connectivity index (χ2v) is 19.4. The number of benzene rings is 10. The molecule has 10 heteroatoms. The van der Waals surface area contributed by atoms with Gasteiger partial charge in [0.05, 0.1) is 51.6 Å². The highest BCUT2D eigenvalue weighted by Crippen LogP contribution is 2.47. The Morgan fingerprint density at radius 3 is 1.20 bits per heavy atom. The summed E-state index contributed by atoms with van der Waals surface area (Å²) in [6, 6.07) is 81.5. The van der Waals surface area contributed by atoms with Gasteiger partial charge in [-0.05, 0) is 66.1 Å². The van der Waals surface area contributed by atoms with Gasteiger partial charge in [-0.25, -0.2) is 34.7 Å². The molecule has 0 saturated carbocycles. The molecule has 0 N–H and O–H groups in total. The van der Waals surface area contributed by atoms with Gasteiger partial charge in [0.1, 0.15) is 0 Å². The van der Waals surface area contributed by atoms with Crippen LogP contribution in [0.5, 0.6) is 0 Å². The van der Waals surface area contributed by atoms with Gasteiger partial charge in [0.2, 0.25) is 5.69 Å². The zero-order valence-corrected chi connectivity index (χ0v) is 42.5. The summed E-state index contributed by atoms with van der Waals surface area (Å²) >= 11 is 0. The van der Waals surface area contributed by atoms with Gasteiger partial charge in [-0.3, -0.25) is 0 Å². The summed E-state index contributed by atoms with van der Waals surface area (Å²) < 4.78 is 4.41. The zero-order valence-electron chi connectivity index (χ0n) is 42.5. The Bertz CT molecular complexity index is 4690. The lowest BCUT2D eigenvalue weighted by molar-refractivity contribution is 1.07. The molecule has 368 valence electrons. The van der Waals surface area contributed by atoms with Crippen molar-refractivity contribution in [1.29, 1.82) is 5.26 Å². The molecule has 0 aliphatic rings.